The molecule has 0 aliphatic carbocycles. The Kier molecular flexibility index (Phi) is 7.63. The van der Waals surface area contributed by atoms with Crippen LogP contribution in [0.3, 0.4) is 0 Å². The second kappa shape index (κ2) is 10.6. The van der Waals surface area contributed by atoms with Crippen LogP contribution in [-0.4, -0.2) is 15.9 Å². The standard InChI is InChI=1S/C25H20Br2ClN3O2/c1-2-3-24-30-22-10-6-19(27)13-21(22)25(32)31(24)29-14-17-12-18(26)7-11-23(17)33-15-16-4-8-20(28)9-5-16/h4-14H,2-3,15H2,1H3. The van der Waals surface area contributed by atoms with E-state index in [1.165, 1.54) is 4.68 Å². The molecule has 0 fully saturated rings. The molecule has 33 heavy (non-hydrogen) atoms. The van der Waals surface area contributed by atoms with Crippen molar-refractivity contribution in [2.75, 3.05) is 0 Å². The molecule has 0 saturated carbocycles. The van der Waals surface area contributed by atoms with Gasteiger partial charge >= 0.3 is 0 Å². The van der Waals surface area contributed by atoms with Gasteiger partial charge in [-0.25, -0.2) is 4.98 Å². The predicted molar refractivity (Wildman–Crippen MR) is 141 cm³/mol. The monoisotopic (exact) mass is 587 g/mol. The largest absolute Gasteiger partial charge is 0.488 e. The number of fused-ring (bicyclic) bond motifs is 1. The van der Waals surface area contributed by atoms with Crippen LogP contribution in [0.15, 0.2) is 79.5 Å². The van der Waals surface area contributed by atoms with Crippen molar-refractivity contribution >= 4 is 60.6 Å². The Morgan fingerprint density at radius 1 is 1.06 bits per heavy atom. The zero-order valence-corrected chi connectivity index (χ0v) is 21.7. The minimum Gasteiger partial charge on any atom is -0.488 e. The third-order valence-electron chi connectivity index (χ3n) is 4.94. The van der Waals surface area contributed by atoms with Crippen LogP contribution in [-0.2, 0) is 13.0 Å². The number of nitrogens with zero attached hydrogens (tertiary/aromatic N) is 3. The average Bonchev–Trinajstić information content (AvgIpc) is 2.80. The molecule has 0 aliphatic rings. The molecule has 4 aromatic rings. The molecule has 0 N–H and O–H groups in total. The molecule has 168 valence electrons. The van der Waals surface area contributed by atoms with Crippen molar-refractivity contribution in [1.29, 1.82) is 0 Å². The van der Waals surface area contributed by atoms with Gasteiger partial charge in [-0.3, -0.25) is 4.79 Å². The summed E-state index contributed by atoms with van der Waals surface area (Å²) in [4.78, 5) is 17.9. The van der Waals surface area contributed by atoms with Crippen LogP contribution in [0.2, 0.25) is 5.02 Å². The fourth-order valence-electron chi connectivity index (χ4n) is 3.31. The van der Waals surface area contributed by atoms with Crippen LogP contribution in [0, 0.1) is 0 Å². The van der Waals surface area contributed by atoms with E-state index < -0.39 is 0 Å². The van der Waals surface area contributed by atoms with Crippen LogP contribution in [0.25, 0.3) is 10.9 Å². The molecule has 4 rings (SSSR count). The minimum absolute atomic E-state index is 0.209. The highest BCUT2D eigenvalue weighted by Gasteiger charge is 2.11. The Bertz CT molecular complexity index is 1390. The molecule has 0 aliphatic heterocycles. The van der Waals surface area contributed by atoms with E-state index in [1.807, 2.05) is 61.5 Å². The normalized spacial score (nSPS) is 11.4. The molecular weight excluding hydrogens is 570 g/mol. The molecule has 0 saturated heterocycles. The first-order chi connectivity index (χ1) is 15.9. The molecule has 0 atom stereocenters. The molecule has 8 heteroatoms. The first kappa shape index (κ1) is 23.7. The maximum atomic E-state index is 13.2. The Hall–Kier alpha value is -2.48. The summed E-state index contributed by atoms with van der Waals surface area (Å²) in [7, 11) is 0. The molecule has 0 bridgehead atoms. The van der Waals surface area contributed by atoms with Crippen molar-refractivity contribution < 1.29 is 4.74 Å². The van der Waals surface area contributed by atoms with E-state index in [0.29, 0.717) is 40.5 Å². The smallest absolute Gasteiger partial charge is 0.282 e. The van der Waals surface area contributed by atoms with E-state index in [9.17, 15) is 4.79 Å². The molecule has 3 aromatic carbocycles. The summed E-state index contributed by atoms with van der Waals surface area (Å²) in [5, 5.41) is 5.72. The number of benzene rings is 3. The van der Waals surface area contributed by atoms with Crippen LogP contribution in [0.4, 0.5) is 0 Å². The summed E-state index contributed by atoms with van der Waals surface area (Å²) in [5.41, 5.74) is 2.19. The number of halogens is 3. The molecule has 1 aromatic heterocycles. The highest BCUT2D eigenvalue weighted by atomic mass is 79.9. The van der Waals surface area contributed by atoms with Gasteiger partial charge < -0.3 is 4.74 Å². The second-order valence-electron chi connectivity index (χ2n) is 7.40. The maximum Gasteiger partial charge on any atom is 0.282 e. The lowest BCUT2D eigenvalue weighted by molar-refractivity contribution is 0.305. The Labute approximate surface area is 213 Å². The topological polar surface area (TPSA) is 56.5 Å². The first-order valence-corrected chi connectivity index (χ1v) is 12.3. The number of hydrogen-bond donors (Lipinski definition) is 0. The quantitative estimate of drug-likeness (QED) is 0.219. The number of aryl methyl sites for hydroxylation is 1. The highest BCUT2D eigenvalue weighted by Crippen LogP contribution is 2.23. The van der Waals surface area contributed by atoms with Crippen molar-refractivity contribution in [3.63, 3.8) is 0 Å². The lowest BCUT2D eigenvalue weighted by atomic mass is 10.2. The second-order valence-corrected chi connectivity index (χ2v) is 9.67. The summed E-state index contributed by atoms with van der Waals surface area (Å²) in [6.45, 7) is 2.43. The Morgan fingerprint density at radius 3 is 2.55 bits per heavy atom. The Balaban J connectivity index is 1.70. The van der Waals surface area contributed by atoms with Crippen molar-refractivity contribution in [3.8, 4) is 5.75 Å². The van der Waals surface area contributed by atoms with Gasteiger partial charge in [-0.2, -0.15) is 9.78 Å². The van der Waals surface area contributed by atoms with Crippen molar-refractivity contribution in [3.05, 3.63) is 102 Å². The zero-order chi connectivity index (χ0) is 23.4. The molecule has 0 unspecified atom stereocenters. The predicted octanol–water partition coefficient (Wildman–Crippen LogP) is 6.99. The Morgan fingerprint density at radius 2 is 1.79 bits per heavy atom. The highest BCUT2D eigenvalue weighted by molar-refractivity contribution is 9.10. The molecule has 0 spiro atoms. The van der Waals surface area contributed by atoms with Gasteiger partial charge in [0.1, 0.15) is 18.2 Å². The number of rotatable bonds is 7. The molecule has 5 nitrogen and oxygen atoms in total. The first-order valence-electron chi connectivity index (χ1n) is 10.4. The van der Waals surface area contributed by atoms with Crippen molar-refractivity contribution in [2.45, 2.75) is 26.4 Å². The molecule has 1 heterocycles. The minimum atomic E-state index is -0.209. The van der Waals surface area contributed by atoms with Gasteiger partial charge in [0.2, 0.25) is 0 Å². The number of hydrogen-bond acceptors (Lipinski definition) is 4. The number of aromatic nitrogens is 2. The van der Waals surface area contributed by atoms with Crippen LogP contribution >= 0.6 is 43.5 Å². The van der Waals surface area contributed by atoms with E-state index in [0.717, 1.165) is 26.5 Å². The van der Waals surface area contributed by atoms with Gasteiger partial charge in [0, 0.05) is 26.0 Å². The van der Waals surface area contributed by atoms with Gasteiger partial charge in [-0.05, 0) is 60.5 Å². The molecule has 0 radical (unpaired) electrons. The molecular formula is C25H20Br2ClN3O2. The zero-order valence-electron chi connectivity index (χ0n) is 17.8. The fraction of sp³-hybridized carbons (Fsp3) is 0.160. The SMILES string of the molecule is CCCc1nc2ccc(Br)cc2c(=O)n1N=Cc1cc(Br)ccc1OCc1ccc(Cl)cc1. The van der Waals surface area contributed by atoms with Crippen LogP contribution in [0.5, 0.6) is 5.75 Å². The van der Waals surface area contributed by atoms with Crippen molar-refractivity contribution in [2.24, 2.45) is 5.10 Å². The van der Waals surface area contributed by atoms with Crippen LogP contribution in [0.1, 0.15) is 30.3 Å². The molecule has 0 amide bonds. The third-order valence-corrected chi connectivity index (χ3v) is 6.18. The fourth-order valence-corrected chi connectivity index (χ4v) is 4.18. The maximum absolute atomic E-state index is 13.2. The lowest BCUT2D eigenvalue weighted by Crippen LogP contribution is -2.22. The third kappa shape index (κ3) is 5.72. The van der Waals surface area contributed by atoms with E-state index >= 15 is 0 Å². The number of ether oxygens (including phenoxy) is 1. The van der Waals surface area contributed by atoms with Gasteiger partial charge in [-0.1, -0.05) is 62.5 Å². The summed E-state index contributed by atoms with van der Waals surface area (Å²) in [6, 6.07) is 18.7. The van der Waals surface area contributed by atoms with Gasteiger partial charge in [0.05, 0.1) is 17.1 Å². The van der Waals surface area contributed by atoms with Crippen LogP contribution < -0.4 is 10.3 Å². The summed E-state index contributed by atoms with van der Waals surface area (Å²) < 4.78 is 9.11. The van der Waals surface area contributed by atoms with E-state index in [-0.39, 0.29) is 5.56 Å². The van der Waals surface area contributed by atoms with Crippen molar-refractivity contribution in [1.82, 2.24) is 9.66 Å². The van der Waals surface area contributed by atoms with E-state index in [1.54, 1.807) is 12.3 Å². The van der Waals surface area contributed by atoms with E-state index in [4.69, 9.17) is 16.3 Å². The summed E-state index contributed by atoms with van der Waals surface area (Å²) in [5.74, 6) is 1.27. The van der Waals surface area contributed by atoms with Gasteiger partial charge in [0.15, 0.2) is 0 Å². The lowest BCUT2D eigenvalue weighted by Gasteiger charge is -2.11. The summed E-state index contributed by atoms with van der Waals surface area (Å²) in [6.07, 6.45) is 3.11. The average molecular weight is 590 g/mol. The van der Waals surface area contributed by atoms with Gasteiger partial charge in [-0.15, -0.1) is 0 Å². The van der Waals surface area contributed by atoms with Gasteiger partial charge in [0.25, 0.3) is 5.56 Å². The summed E-state index contributed by atoms with van der Waals surface area (Å²) >= 11 is 12.9. The van der Waals surface area contributed by atoms with E-state index in [2.05, 4.69) is 41.9 Å².